The monoisotopic (exact) mass is 287 g/mol. The minimum Gasteiger partial charge on any atom is -0.550 e. The van der Waals surface area contributed by atoms with Crippen LogP contribution < -0.4 is 40.4 Å². The van der Waals surface area contributed by atoms with Crippen LogP contribution in [-0.4, -0.2) is 35.1 Å². The topological polar surface area (TPSA) is 144 Å². The van der Waals surface area contributed by atoms with Gasteiger partial charge in [0.25, 0.3) is 0 Å². The molecule has 5 N–H and O–H groups in total. The largest absolute Gasteiger partial charge is 1.00 e. The molecule has 0 aromatic rings. The first-order valence-electron chi connectivity index (χ1n) is 5.23. The molecule has 0 rings (SSSR count). The fraction of sp³-hybridized carbons (Fsp3) is 0.778. The van der Waals surface area contributed by atoms with Gasteiger partial charge in [-0.25, -0.2) is 0 Å². The Labute approximate surface area is 129 Å². The third-order valence-electron chi connectivity index (χ3n) is 2.76. The molecule has 3 atom stereocenters. The van der Waals surface area contributed by atoms with E-state index in [0.29, 0.717) is 0 Å². The third kappa shape index (κ3) is 7.47. The number of rotatable bonds is 7. The van der Waals surface area contributed by atoms with Crippen LogP contribution in [0.5, 0.6) is 0 Å². The fourth-order valence-electron chi connectivity index (χ4n) is 1.42. The van der Waals surface area contributed by atoms with Crippen molar-refractivity contribution in [2.75, 3.05) is 0 Å². The maximum atomic E-state index is 10.8. The Morgan fingerprint density at radius 1 is 1.22 bits per heavy atom. The van der Waals surface area contributed by atoms with E-state index in [-0.39, 0.29) is 42.4 Å². The van der Waals surface area contributed by atoms with Crippen molar-refractivity contribution in [2.24, 2.45) is 17.6 Å². The first kappa shape index (κ1) is 20.4. The van der Waals surface area contributed by atoms with E-state index in [2.05, 4.69) is 0 Å². The standard InChI is InChI=1S/C9H19NO6Si.Na/c1-5(8(10)11)3-7(9(12)13)4-6(2)17(14,15)16;/h5-7,14-16H,3-4H2,1-2H3,(H2,10,11)(H,12,13);/q;+1/p-1/t5-,6+,7-;/m1./s1. The summed E-state index contributed by atoms with van der Waals surface area (Å²) in [6, 6.07) is 0. The van der Waals surface area contributed by atoms with E-state index in [1.807, 2.05) is 0 Å². The van der Waals surface area contributed by atoms with Gasteiger partial charge < -0.3 is 30.0 Å². The molecule has 0 heterocycles. The van der Waals surface area contributed by atoms with Crippen LogP contribution in [0.2, 0.25) is 5.54 Å². The number of primary amides is 1. The van der Waals surface area contributed by atoms with Crippen molar-refractivity contribution in [2.45, 2.75) is 32.2 Å². The molecule has 0 spiro atoms. The summed E-state index contributed by atoms with van der Waals surface area (Å²) in [5.74, 6) is -3.74. The Balaban J connectivity index is 0. The third-order valence-corrected chi connectivity index (χ3v) is 4.31. The van der Waals surface area contributed by atoms with Gasteiger partial charge in [-0.3, -0.25) is 4.79 Å². The molecule has 0 aliphatic heterocycles. The smallest absolute Gasteiger partial charge is 0.550 e. The molecule has 7 nitrogen and oxygen atoms in total. The predicted octanol–water partition coefficient (Wildman–Crippen LogP) is -5.44. The summed E-state index contributed by atoms with van der Waals surface area (Å²) in [4.78, 5) is 48.7. The molecule has 0 saturated carbocycles. The number of carbonyl (C=O) groups excluding carboxylic acids is 2. The molecule has 0 saturated heterocycles. The number of amides is 1. The van der Waals surface area contributed by atoms with Gasteiger partial charge in [0.1, 0.15) is 0 Å². The Morgan fingerprint density at radius 3 is 1.94 bits per heavy atom. The van der Waals surface area contributed by atoms with Crippen molar-refractivity contribution in [1.82, 2.24) is 0 Å². The van der Waals surface area contributed by atoms with E-state index in [9.17, 15) is 14.7 Å². The molecule has 0 fully saturated rings. The van der Waals surface area contributed by atoms with E-state index in [1.54, 1.807) is 0 Å². The first-order valence-corrected chi connectivity index (χ1v) is 7.14. The maximum Gasteiger partial charge on any atom is 1.00 e. The molecule has 0 unspecified atom stereocenters. The SMILES string of the molecule is C[C@H](C[C@H](C[C@H](C)[Si](O)(O)O)C(=O)[O-])C(N)=O.[Na+]. The van der Waals surface area contributed by atoms with Crippen molar-refractivity contribution in [1.29, 1.82) is 0 Å². The minimum absolute atomic E-state index is 0. The molecule has 0 aliphatic rings. The Bertz CT molecular complexity index is 295. The van der Waals surface area contributed by atoms with E-state index >= 15 is 0 Å². The molecule has 0 radical (unpaired) electrons. The summed E-state index contributed by atoms with van der Waals surface area (Å²) >= 11 is 0. The van der Waals surface area contributed by atoms with Crippen molar-refractivity contribution in [3.05, 3.63) is 0 Å². The summed E-state index contributed by atoms with van der Waals surface area (Å²) in [5, 5.41) is 10.8. The molecule has 0 aromatic carbocycles. The summed E-state index contributed by atoms with van der Waals surface area (Å²) < 4.78 is 0. The number of hydrogen-bond donors (Lipinski definition) is 4. The van der Waals surface area contributed by atoms with Crippen molar-refractivity contribution >= 4 is 20.7 Å². The molecule has 9 heteroatoms. The molecule has 18 heavy (non-hydrogen) atoms. The number of nitrogens with two attached hydrogens (primary N) is 1. The fourth-order valence-corrected chi connectivity index (χ4v) is 2.02. The molecular weight excluding hydrogens is 269 g/mol. The van der Waals surface area contributed by atoms with Gasteiger partial charge in [-0.2, -0.15) is 0 Å². The second-order valence-corrected chi connectivity index (χ2v) is 6.74. The van der Waals surface area contributed by atoms with Crippen molar-refractivity contribution in [3.8, 4) is 0 Å². The van der Waals surface area contributed by atoms with Crippen molar-refractivity contribution < 1.29 is 58.6 Å². The molecule has 0 bridgehead atoms. The van der Waals surface area contributed by atoms with Gasteiger partial charge in [-0.1, -0.05) is 13.8 Å². The zero-order valence-corrected chi connectivity index (χ0v) is 13.8. The van der Waals surface area contributed by atoms with E-state index in [4.69, 9.17) is 20.1 Å². The number of carboxylic acids is 1. The number of carboxylic acid groups (broad SMARTS) is 1. The predicted molar refractivity (Wildman–Crippen MR) is 57.9 cm³/mol. The Hall–Kier alpha value is 0.0369. The zero-order chi connectivity index (χ0) is 13.8. The van der Waals surface area contributed by atoms with Crippen LogP contribution in [0, 0.1) is 11.8 Å². The second-order valence-electron chi connectivity index (χ2n) is 4.38. The average Bonchev–Trinajstić information content (AvgIpc) is 2.14. The number of hydrogen-bond acceptors (Lipinski definition) is 6. The van der Waals surface area contributed by atoms with Crippen LogP contribution in [0.4, 0.5) is 0 Å². The average molecular weight is 287 g/mol. The van der Waals surface area contributed by atoms with Gasteiger partial charge in [-0.05, 0) is 18.8 Å². The van der Waals surface area contributed by atoms with Crippen LogP contribution in [0.1, 0.15) is 26.7 Å². The molecule has 100 valence electrons. The second kappa shape index (κ2) is 8.26. The summed E-state index contributed by atoms with van der Waals surface area (Å²) in [6.07, 6.45) is -0.220. The van der Waals surface area contributed by atoms with Gasteiger partial charge in [-0.15, -0.1) is 0 Å². The zero-order valence-electron chi connectivity index (χ0n) is 10.8. The van der Waals surface area contributed by atoms with Gasteiger partial charge in [0.05, 0.1) is 0 Å². The molecule has 0 aromatic heterocycles. The van der Waals surface area contributed by atoms with E-state index in [0.717, 1.165) is 0 Å². The molecular formula is C9H18NNaO6Si. The van der Waals surface area contributed by atoms with Crippen LogP contribution in [0.15, 0.2) is 0 Å². The summed E-state index contributed by atoms with van der Waals surface area (Å²) in [7, 11) is -4.35. The number of carbonyl (C=O) groups is 2. The maximum absolute atomic E-state index is 10.8. The Kier molecular flexibility index (Phi) is 9.34. The van der Waals surface area contributed by atoms with Gasteiger partial charge >= 0.3 is 38.4 Å². The first-order chi connectivity index (χ1) is 7.55. The minimum atomic E-state index is -4.35. The van der Waals surface area contributed by atoms with Crippen molar-refractivity contribution in [3.63, 3.8) is 0 Å². The van der Waals surface area contributed by atoms with Gasteiger partial charge in [0, 0.05) is 17.4 Å². The van der Waals surface area contributed by atoms with Gasteiger partial charge in [0.15, 0.2) is 0 Å². The van der Waals surface area contributed by atoms with Gasteiger partial charge in [0.2, 0.25) is 5.91 Å². The van der Waals surface area contributed by atoms with Crippen LogP contribution in [0.25, 0.3) is 0 Å². The van der Waals surface area contributed by atoms with E-state index < -0.39 is 38.1 Å². The molecule has 1 amide bonds. The summed E-state index contributed by atoms with van der Waals surface area (Å²) in [5.41, 5.74) is 4.06. The normalized spacial score (nSPS) is 16.3. The van der Waals surface area contributed by atoms with E-state index in [1.165, 1.54) is 13.8 Å². The van der Waals surface area contributed by atoms with Crippen LogP contribution in [0.3, 0.4) is 0 Å². The molecule has 0 aliphatic carbocycles. The summed E-state index contributed by atoms with van der Waals surface area (Å²) in [6.45, 7) is 2.81. The quantitative estimate of drug-likeness (QED) is 0.344. The van der Waals surface area contributed by atoms with Crippen LogP contribution in [-0.2, 0) is 9.59 Å². The van der Waals surface area contributed by atoms with Crippen LogP contribution >= 0.6 is 0 Å². The Morgan fingerprint density at radius 2 is 1.67 bits per heavy atom. The number of aliphatic carboxylic acids is 1.